The Morgan fingerprint density at radius 1 is 1.80 bits per heavy atom. The lowest BCUT2D eigenvalue weighted by molar-refractivity contribution is 0.0593. The van der Waals surface area contributed by atoms with Crippen LogP contribution in [0.5, 0.6) is 0 Å². The molecule has 1 aromatic heterocycles. The number of ether oxygens (including phenoxy) is 1. The number of rotatable bonds is 1. The van der Waals surface area contributed by atoms with E-state index in [0.717, 1.165) is 11.7 Å². The molecule has 0 aliphatic carbocycles. The fourth-order valence-electron chi connectivity index (χ4n) is 0.426. The summed E-state index contributed by atoms with van der Waals surface area (Å²) in [6.45, 7) is 0. The van der Waals surface area contributed by atoms with Crippen LogP contribution in [0.15, 0.2) is 4.79 Å². The first-order valence-corrected chi connectivity index (χ1v) is 3.15. The number of hydrogen-bond acceptors (Lipinski definition) is 5. The summed E-state index contributed by atoms with van der Waals surface area (Å²) in [6, 6.07) is 0. The van der Waals surface area contributed by atoms with Gasteiger partial charge in [-0.25, -0.2) is 4.79 Å². The third-order valence-electron chi connectivity index (χ3n) is 0.869. The van der Waals surface area contributed by atoms with Crippen molar-refractivity contribution in [1.82, 2.24) is 8.75 Å². The van der Waals surface area contributed by atoms with Crippen LogP contribution >= 0.6 is 11.7 Å². The Morgan fingerprint density at radius 3 is 2.90 bits per heavy atom. The van der Waals surface area contributed by atoms with Crippen molar-refractivity contribution in [2.75, 3.05) is 7.11 Å². The second-order valence-corrected chi connectivity index (χ2v) is 2.02. The summed E-state index contributed by atoms with van der Waals surface area (Å²) in [6.07, 6.45) is 0. The highest BCUT2D eigenvalue weighted by atomic mass is 32.1. The topological polar surface area (TPSA) is 72.0 Å². The molecule has 6 heteroatoms. The number of esters is 1. The molecule has 0 spiro atoms. The average Bonchev–Trinajstić information content (AvgIpc) is 2.34. The second kappa shape index (κ2) is 2.61. The number of aromatic amines is 1. The maximum Gasteiger partial charge on any atom is 0.363 e. The van der Waals surface area contributed by atoms with Crippen molar-refractivity contribution in [2.24, 2.45) is 0 Å². The van der Waals surface area contributed by atoms with E-state index in [1.165, 1.54) is 7.11 Å². The molecule has 5 nitrogen and oxygen atoms in total. The first-order chi connectivity index (χ1) is 4.75. The van der Waals surface area contributed by atoms with Crippen LogP contribution in [-0.4, -0.2) is 21.8 Å². The molecular weight excluding hydrogens is 156 g/mol. The molecular formula is C4H4N2O3S. The molecule has 54 valence electrons. The second-order valence-electron chi connectivity index (χ2n) is 1.45. The van der Waals surface area contributed by atoms with Gasteiger partial charge in [-0.3, -0.25) is 9.17 Å². The first kappa shape index (κ1) is 6.94. The van der Waals surface area contributed by atoms with Crippen LogP contribution in [0.1, 0.15) is 10.5 Å². The number of hydrogen-bond donors (Lipinski definition) is 1. The lowest BCUT2D eigenvalue weighted by Crippen LogP contribution is -2.14. The lowest BCUT2D eigenvalue weighted by atomic mass is 10.5. The zero-order chi connectivity index (χ0) is 7.56. The number of H-pyrrole nitrogens is 1. The Hall–Kier alpha value is -1.17. The van der Waals surface area contributed by atoms with Crippen LogP contribution in [0.25, 0.3) is 0 Å². The van der Waals surface area contributed by atoms with Gasteiger partial charge in [0.05, 0.1) is 7.11 Å². The minimum absolute atomic E-state index is 0.187. The Kier molecular flexibility index (Phi) is 1.81. The minimum Gasteiger partial charge on any atom is -0.464 e. The molecule has 0 saturated heterocycles. The molecule has 0 aromatic carbocycles. The zero-order valence-electron chi connectivity index (χ0n) is 5.08. The van der Waals surface area contributed by atoms with Crippen LogP contribution in [-0.2, 0) is 4.74 Å². The Balaban J connectivity index is 3.05. The average molecular weight is 160 g/mol. The SMILES string of the molecule is COC(=O)c1ns[nH]c1=O. The van der Waals surface area contributed by atoms with Crippen LogP contribution in [0, 0.1) is 0 Å². The van der Waals surface area contributed by atoms with Crippen molar-refractivity contribution in [3.63, 3.8) is 0 Å². The number of carbonyl (C=O) groups excluding carboxylic acids is 1. The van der Waals surface area contributed by atoms with Crippen LogP contribution in [0.3, 0.4) is 0 Å². The molecule has 0 fully saturated rings. The normalized spacial score (nSPS) is 9.30. The van der Waals surface area contributed by atoms with Gasteiger partial charge in [0.15, 0.2) is 0 Å². The summed E-state index contributed by atoms with van der Waals surface area (Å²) in [5, 5.41) is 0. The number of nitrogens with zero attached hydrogens (tertiary/aromatic N) is 1. The molecule has 0 atom stereocenters. The number of aromatic nitrogens is 2. The fourth-order valence-corrected chi connectivity index (χ4v) is 0.900. The van der Waals surface area contributed by atoms with Gasteiger partial charge in [0.2, 0.25) is 5.69 Å². The smallest absolute Gasteiger partial charge is 0.363 e. The lowest BCUT2D eigenvalue weighted by Gasteiger charge is -1.87. The third kappa shape index (κ3) is 1.06. The molecule has 0 aliphatic rings. The van der Waals surface area contributed by atoms with Crippen LogP contribution in [0.4, 0.5) is 0 Å². The van der Waals surface area contributed by atoms with Crippen LogP contribution < -0.4 is 5.56 Å². The van der Waals surface area contributed by atoms with E-state index in [0.29, 0.717) is 0 Å². The monoisotopic (exact) mass is 160 g/mol. The summed E-state index contributed by atoms with van der Waals surface area (Å²) in [5.74, 6) is -0.706. The molecule has 0 saturated carbocycles. The van der Waals surface area contributed by atoms with Gasteiger partial charge in [0.1, 0.15) is 0 Å². The first-order valence-electron chi connectivity index (χ1n) is 2.38. The molecule has 1 rings (SSSR count). The van der Waals surface area contributed by atoms with Gasteiger partial charge in [0, 0.05) is 11.7 Å². The van der Waals surface area contributed by atoms with E-state index in [2.05, 4.69) is 13.5 Å². The molecule has 1 aromatic rings. The molecule has 0 unspecified atom stereocenters. The van der Waals surface area contributed by atoms with Crippen molar-refractivity contribution in [2.45, 2.75) is 0 Å². The van der Waals surface area contributed by atoms with Gasteiger partial charge >= 0.3 is 5.97 Å². The van der Waals surface area contributed by atoms with Gasteiger partial charge in [-0.15, -0.1) is 0 Å². The molecule has 1 N–H and O–H groups in total. The van der Waals surface area contributed by atoms with E-state index in [1.54, 1.807) is 0 Å². The molecule has 0 aliphatic heterocycles. The van der Waals surface area contributed by atoms with E-state index >= 15 is 0 Å². The Labute approximate surface area is 60.0 Å². The molecule has 10 heavy (non-hydrogen) atoms. The van der Waals surface area contributed by atoms with E-state index in [9.17, 15) is 9.59 Å². The zero-order valence-corrected chi connectivity index (χ0v) is 5.90. The van der Waals surface area contributed by atoms with E-state index in [-0.39, 0.29) is 5.69 Å². The highest BCUT2D eigenvalue weighted by molar-refractivity contribution is 6.99. The van der Waals surface area contributed by atoms with Gasteiger partial charge in [-0.2, -0.15) is 4.37 Å². The summed E-state index contributed by atoms with van der Waals surface area (Å²) in [5.41, 5.74) is -0.690. The van der Waals surface area contributed by atoms with Gasteiger partial charge < -0.3 is 4.74 Å². The maximum absolute atomic E-state index is 10.6. The van der Waals surface area contributed by atoms with Gasteiger partial charge in [-0.05, 0) is 0 Å². The number of methoxy groups -OCH3 is 1. The van der Waals surface area contributed by atoms with Crippen molar-refractivity contribution >= 4 is 17.7 Å². The third-order valence-corrected chi connectivity index (χ3v) is 1.42. The molecule has 0 bridgehead atoms. The number of carbonyl (C=O) groups is 1. The number of nitrogens with one attached hydrogen (secondary N) is 1. The van der Waals surface area contributed by atoms with Crippen molar-refractivity contribution in [3.05, 3.63) is 16.0 Å². The predicted molar refractivity (Wildman–Crippen MR) is 34.1 cm³/mol. The van der Waals surface area contributed by atoms with Gasteiger partial charge in [-0.1, -0.05) is 0 Å². The summed E-state index contributed by atoms with van der Waals surface area (Å²) in [7, 11) is 1.20. The van der Waals surface area contributed by atoms with Crippen LogP contribution in [0.2, 0.25) is 0 Å². The summed E-state index contributed by atoms with van der Waals surface area (Å²) in [4.78, 5) is 21.2. The molecule has 1 heterocycles. The quantitative estimate of drug-likeness (QED) is 0.568. The largest absolute Gasteiger partial charge is 0.464 e. The fraction of sp³-hybridized carbons (Fsp3) is 0.250. The minimum atomic E-state index is -0.706. The van der Waals surface area contributed by atoms with E-state index in [1.807, 2.05) is 0 Å². The van der Waals surface area contributed by atoms with Crippen molar-refractivity contribution in [1.29, 1.82) is 0 Å². The summed E-state index contributed by atoms with van der Waals surface area (Å²) < 4.78 is 10.0. The van der Waals surface area contributed by atoms with E-state index < -0.39 is 11.5 Å². The van der Waals surface area contributed by atoms with E-state index in [4.69, 9.17) is 0 Å². The highest BCUT2D eigenvalue weighted by Crippen LogP contribution is 1.89. The van der Waals surface area contributed by atoms with Gasteiger partial charge in [0.25, 0.3) is 5.56 Å². The summed E-state index contributed by atoms with van der Waals surface area (Å²) >= 11 is 0.822. The predicted octanol–water partition coefficient (Wildman–Crippen LogP) is -0.382. The van der Waals surface area contributed by atoms with Crippen molar-refractivity contribution < 1.29 is 9.53 Å². The molecule has 0 radical (unpaired) electrons. The standard InChI is InChI=1S/C4H4N2O3S/c1-9-4(8)2-3(7)6-10-5-2/h1H3,(H,6,7). The maximum atomic E-state index is 10.6. The molecule has 0 amide bonds. The highest BCUT2D eigenvalue weighted by Gasteiger charge is 2.12. The van der Waals surface area contributed by atoms with Crippen molar-refractivity contribution in [3.8, 4) is 0 Å². The Bertz CT molecular complexity index is 289. The Morgan fingerprint density at radius 2 is 2.50 bits per heavy atom.